The molecule has 0 spiro atoms. The van der Waals surface area contributed by atoms with Crippen LogP contribution >= 0.6 is 24.8 Å². The van der Waals surface area contributed by atoms with Gasteiger partial charge in [0.1, 0.15) is 5.75 Å². The van der Waals surface area contributed by atoms with Gasteiger partial charge in [0.2, 0.25) is 0 Å². The third-order valence-electron chi connectivity index (χ3n) is 5.76. The van der Waals surface area contributed by atoms with Crippen LogP contribution in [0.1, 0.15) is 24.0 Å². The molecule has 2 aliphatic rings. The van der Waals surface area contributed by atoms with Crippen molar-refractivity contribution in [2.45, 2.75) is 25.7 Å². The van der Waals surface area contributed by atoms with Gasteiger partial charge in [-0.15, -0.1) is 24.8 Å². The average Bonchev–Trinajstić information content (AvgIpc) is 3.20. The van der Waals surface area contributed by atoms with E-state index in [1.807, 2.05) is 12.1 Å². The maximum absolute atomic E-state index is 10.8. The second-order valence-corrected chi connectivity index (χ2v) is 7.59. The number of anilines is 1. The first-order valence-corrected chi connectivity index (χ1v) is 10.2. The van der Waals surface area contributed by atoms with Crippen molar-refractivity contribution in [3.8, 4) is 5.75 Å². The van der Waals surface area contributed by atoms with Crippen LogP contribution in [0.5, 0.6) is 5.75 Å². The highest BCUT2D eigenvalue weighted by Gasteiger charge is 2.18. The summed E-state index contributed by atoms with van der Waals surface area (Å²) in [7, 11) is 0. The number of aryl methyl sites for hydroxylation is 2. The summed E-state index contributed by atoms with van der Waals surface area (Å²) in [6, 6.07) is 13.4. The normalized spacial score (nSPS) is 15.7. The van der Waals surface area contributed by atoms with E-state index >= 15 is 0 Å². The van der Waals surface area contributed by atoms with Gasteiger partial charge in [-0.05, 0) is 61.1 Å². The topological polar surface area (TPSA) is 58.9 Å². The Hall–Kier alpha value is -2.02. The van der Waals surface area contributed by atoms with E-state index in [0.717, 1.165) is 57.2 Å². The molecule has 30 heavy (non-hydrogen) atoms. The van der Waals surface area contributed by atoms with E-state index in [-0.39, 0.29) is 35.4 Å². The molecule has 6 nitrogen and oxygen atoms in total. The first-order chi connectivity index (χ1) is 13.7. The maximum Gasteiger partial charge on any atom is 0.269 e. The lowest BCUT2D eigenvalue weighted by Gasteiger charge is -2.36. The van der Waals surface area contributed by atoms with E-state index in [1.165, 1.54) is 30.4 Å². The van der Waals surface area contributed by atoms with Crippen LogP contribution in [-0.4, -0.2) is 49.2 Å². The van der Waals surface area contributed by atoms with Crippen molar-refractivity contribution in [1.29, 1.82) is 0 Å². The number of nitrogens with zero attached hydrogens (tertiary/aromatic N) is 3. The molecule has 2 aromatic carbocycles. The predicted molar refractivity (Wildman–Crippen MR) is 125 cm³/mol. The SMILES string of the molecule is Cl.Cl.O=[N+]([O-])c1ccc(N2CCN(CCCOc3ccc4c(c3)CCC4)CC2)cc1. The van der Waals surface area contributed by atoms with Crippen molar-refractivity contribution in [2.75, 3.05) is 44.2 Å². The van der Waals surface area contributed by atoms with Gasteiger partial charge >= 0.3 is 0 Å². The molecule has 2 aromatic rings. The van der Waals surface area contributed by atoms with E-state index in [1.54, 1.807) is 12.1 Å². The summed E-state index contributed by atoms with van der Waals surface area (Å²) >= 11 is 0. The van der Waals surface area contributed by atoms with Crippen LogP contribution in [0.4, 0.5) is 11.4 Å². The van der Waals surface area contributed by atoms with E-state index in [4.69, 9.17) is 4.74 Å². The van der Waals surface area contributed by atoms with Gasteiger partial charge in [0, 0.05) is 50.5 Å². The minimum absolute atomic E-state index is 0. The molecule has 8 heteroatoms. The molecule has 1 heterocycles. The Labute approximate surface area is 190 Å². The largest absolute Gasteiger partial charge is 0.494 e. The molecule has 0 N–H and O–H groups in total. The van der Waals surface area contributed by atoms with Gasteiger partial charge < -0.3 is 9.64 Å². The molecule has 164 valence electrons. The van der Waals surface area contributed by atoms with Crippen LogP contribution in [0, 0.1) is 10.1 Å². The maximum atomic E-state index is 10.8. The monoisotopic (exact) mass is 453 g/mol. The van der Waals surface area contributed by atoms with Gasteiger partial charge in [0.05, 0.1) is 11.5 Å². The van der Waals surface area contributed by atoms with Gasteiger partial charge in [-0.3, -0.25) is 15.0 Å². The van der Waals surface area contributed by atoms with Gasteiger partial charge in [0.15, 0.2) is 0 Å². The van der Waals surface area contributed by atoms with E-state index in [0.29, 0.717) is 0 Å². The van der Waals surface area contributed by atoms with Crippen molar-refractivity contribution in [3.05, 3.63) is 63.7 Å². The first-order valence-electron chi connectivity index (χ1n) is 10.2. The number of hydrogen-bond donors (Lipinski definition) is 0. The number of halogens is 2. The number of nitro benzene ring substituents is 1. The van der Waals surface area contributed by atoms with Crippen LogP contribution < -0.4 is 9.64 Å². The zero-order valence-corrected chi connectivity index (χ0v) is 18.6. The number of nitro groups is 1. The summed E-state index contributed by atoms with van der Waals surface area (Å²) in [5.74, 6) is 1.00. The fraction of sp³-hybridized carbons (Fsp3) is 0.455. The first kappa shape index (κ1) is 24.3. The number of piperazine rings is 1. The average molecular weight is 454 g/mol. The minimum Gasteiger partial charge on any atom is -0.494 e. The summed E-state index contributed by atoms with van der Waals surface area (Å²) < 4.78 is 5.95. The zero-order chi connectivity index (χ0) is 19.3. The molecule has 4 rings (SSSR count). The number of benzene rings is 2. The van der Waals surface area contributed by atoms with Crippen LogP contribution in [0.2, 0.25) is 0 Å². The van der Waals surface area contributed by atoms with Crippen LogP contribution in [0.25, 0.3) is 0 Å². The highest BCUT2D eigenvalue weighted by atomic mass is 35.5. The zero-order valence-electron chi connectivity index (χ0n) is 17.0. The molecule has 1 aliphatic heterocycles. The molecule has 0 bridgehead atoms. The van der Waals surface area contributed by atoms with Crippen molar-refractivity contribution in [3.63, 3.8) is 0 Å². The molecule has 0 unspecified atom stereocenters. The van der Waals surface area contributed by atoms with Crippen molar-refractivity contribution >= 4 is 36.2 Å². The molecule has 0 amide bonds. The summed E-state index contributed by atoms with van der Waals surface area (Å²) in [6.07, 6.45) is 4.69. The lowest BCUT2D eigenvalue weighted by atomic mass is 10.1. The van der Waals surface area contributed by atoms with Gasteiger partial charge in [0.25, 0.3) is 5.69 Å². The van der Waals surface area contributed by atoms with Crippen LogP contribution in [-0.2, 0) is 12.8 Å². The van der Waals surface area contributed by atoms with Gasteiger partial charge in [-0.25, -0.2) is 0 Å². The fourth-order valence-corrected chi connectivity index (χ4v) is 4.13. The summed E-state index contributed by atoms with van der Waals surface area (Å²) in [6.45, 7) is 5.71. The van der Waals surface area contributed by atoms with Crippen molar-refractivity contribution in [2.24, 2.45) is 0 Å². The lowest BCUT2D eigenvalue weighted by molar-refractivity contribution is -0.384. The lowest BCUT2D eigenvalue weighted by Crippen LogP contribution is -2.46. The van der Waals surface area contributed by atoms with E-state index < -0.39 is 0 Å². The summed E-state index contributed by atoms with van der Waals surface area (Å²) in [4.78, 5) is 15.2. The number of hydrogen-bond acceptors (Lipinski definition) is 5. The number of rotatable bonds is 7. The highest BCUT2D eigenvalue weighted by molar-refractivity contribution is 5.85. The standard InChI is InChI=1S/C22H27N3O3.2ClH/c26-25(27)21-8-6-20(7-9-21)24-14-12-23(13-15-24)11-2-16-28-22-10-5-18-3-1-4-19(18)17-22;;/h5-10,17H,1-4,11-16H2;2*1H. The molecule has 0 saturated carbocycles. The molecule has 1 aliphatic carbocycles. The molecule has 0 atom stereocenters. The summed E-state index contributed by atoms with van der Waals surface area (Å²) in [5, 5.41) is 10.8. The fourth-order valence-electron chi connectivity index (χ4n) is 4.13. The van der Waals surface area contributed by atoms with Crippen LogP contribution in [0.3, 0.4) is 0 Å². The number of non-ortho nitro benzene ring substituents is 1. The Kier molecular flexibility index (Phi) is 9.21. The van der Waals surface area contributed by atoms with Gasteiger partial charge in [-0.1, -0.05) is 6.07 Å². The molecule has 1 saturated heterocycles. The number of ether oxygens (including phenoxy) is 1. The van der Waals surface area contributed by atoms with E-state index in [2.05, 4.69) is 28.0 Å². The third kappa shape index (κ3) is 6.00. The Morgan fingerprint density at radius 2 is 1.63 bits per heavy atom. The van der Waals surface area contributed by atoms with E-state index in [9.17, 15) is 10.1 Å². The Bertz CT molecular complexity index is 825. The third-order valence-corrected chi connectivity index (χ3v) is 5.76. The molecular weight excluding hydrogens is 425 g/mol. The minimum atomic E-state index is -0.355. The summed E-state index contributed by atoms with van der Waals surface area (Å²) in [5.41, 5.74) is 4.15. The second-order valence-electron chi connectivity index (χ2n) is 7.59. The molecular formula is C22H29Cl2N3O3. The number of fused-ring (bicyclic) bond motifs is 1. The van der Waals surface area contributed by atoms with Crippen molar-refractivity contribution < 1.29 is 9.66 Å². The molecule has 1 fully saturated rings. The van der Waals surface area contributed by atoms with Crippen LogP contribution in [0.15, 0.2) is 42.5 Å². The molecule has 0 aromatic heterocycles. The van der Waals surface area contributed by atoms with Crippen molar-refractivity contribution in [1.82, 2.24) is 4.90 Å². The quantitative estimate of drug-likeness (QED) is 0.350. The highest BCUT2D eigenvalue weighted by Crippen LogP contribution is 2.26. The second kappa shape index (κ2) is 11.4. The van der Waals surface area contributed by atoms with Gasteiger partial charge in [-0.2, -0.15) is 0 Å². The molecule has 0 radical (unpaired) electrons. The predicted octanol–water partition coefficient (Wildman–Crippen LogP) is 4.52. The Morgan fingerprint density at radius 1 is 0.933 bits per heavy atom. The Morgan fingerprint density at radius 3 is 2.33 bits per heavy atom. The smallest absolute Gasteiger partial charge is 0.269 e. The Balaban J connectivity index is 0.00000160.